The number of amides is 4. The third-order valence-electron chi connectivity index (χ3n) is 11.9. The van der Waals surface area contributed by atoms with Crippen LogP contribution in [-0.4, -0.2) is 69.1 Å². The molecule has 1 saturated carbocycles. The van der Waals surface area contributed by atoms with E-state index >= 15 is 4.79 Å². The lowest BCUT2D eigenvalue weighted by Crippen LogP contribution is -2.53. The first-order chi connectivity index (χ1) is 28.4. The van der Waals surface area contributed by atoms with E-state index in [4.69, 9.17) is 32.7 Å². The van der Waals surface area contributed by atoms with Gasteiger partial charge in [0, 0.05) is 23.2 Å². The number of anilines is 2. The molecule has 6 atom stereocenters. The zero-order valence-electron chi connectivity index (χ0n) is 31.2. The number of aromatic carboxylic acids is 1. The summed E-state index contributed by atoms with van der Waals surface area (Å²) < 4.78 is 51.6. The van der Waals surface area contributed by atoms with Crippen molar-refractivity contribution in [1.29, 1.82) is 0 Å². The van der Waals surface area contributed by atoms with E-state index in [1.54, 1.807) is 18.2 Å². The van der Waals surface area contributed by atoms with Crippen LogP contribution in [0.1, 0.15) is 45.8 Å². The van der Waals surface area contributed by atoms with Gasteiger partial charge in [-0.25, -0.2) is 14.7 Å². The van der Waals surface area contributed by atoms with E-state index in [0.29, 0.717) is 22.8 Å². The van der Waals surface area contributed by atoms with Crippen LogP contribution < -0.4 is 19.8 Å². The highest BCUT2D eigenvalue weighted by atomic mass is 35.5. The first-order valence-corrected chi connectivity index (χ1v) is 18.9. The summed E-state index contributed by atoms with van der Waals surface area (Å²) >= 11 is 12.6. The topological polar surface area (TPSA) is 196 Å². The van der Waals surface area contributed by atoms with E-state index in [0.717, 1.165) is 17.0 Å². The van der Waals surface area contributed by atoms with E-state index < -0.39 is 98.5 Å². The SMILES string of the molecule is COc1cc([C@H]2C3=CC[C@@H]4C(=O)N(c5ccc(C(=O)O)c(O)c5)C(=O)[C@@H]4[C@@H]3C[C@H]3C(=O)N(Nc4ncc(C(F)(F)F)cc4Cl)C(=O)[C@@]23c2ccc(Cl)cc2)cc(OC)c1O. The van der Waals surface area contributed by atoms with Crippen LogP contribution in [0, 0.1) is 23.7 Å². The molecule has 4 aromatic rings. The highest BCUT2D eigenvalue weighted by Crippen LogP contribution is 2.65. The number of nitrogens with zero attached hydrogens (tertiary/aromatic N) is 3. The maximum absolute atomic E-state index is 15.4. The molecular formula is C41H31Cl2F3N4O10. The van der Waals surface area contributed by atoms with Gasteiger partial charge < -0.3 is 24.8 Å². The molecule has 1 aromatic heterocycles. The largest absolute Gasteiger partial charge is 0.507 e. The Hall–Kier alpha value is -6.33. The van der Waals surface area contributed by atoms with Gasteiger partial charge in [-0.05, 0) is 72.4 Å². The van der Waals surface area contributed by atoms with Crippen LogP contribution in [0.15, 0.2) is 78.5 Å². The van der Waals surface area contributed by atoms with Crippen molar-refractivity contribution >= 4 is 64.3 Å². The van der Waals surface area contributed by atoms with Crippen molar-refractivity contribution in [3.8, 4) is 23.0 Å². The third kappa shape index (κ3) is 6.00. The molecule has 60 heavy (non-hydrogen) atoms. The lowest BCUT2D eigenvalue weighted by atomic mass is 9.49. The van der Waals surface area contributed by atoms with Crippen LogP contribution in [0.3, 0.4) is 0 Å². The average molecular weight is 868 g/mol. The Balaban J connectivity index is 1.33. The molecule has 0 unspecified atom stereocenters. The summed E-state index contributed by atoms with van der Waals surface area (Å²) in [6.45, 7) is 0. The highest BCUT2D eigenvalue weighted by Gasteiger charge is 2.70. The first kappa shape index (κ1) is 40.4. The summed E-state index contributed by atoms with van der Waals surface area (Å²) in [7, 11) is 2.58. The summed E-state index contributed by atoms with van der Waals surface area (Å²) in [5.74, 6) is -11.7. The second-order valence-electron chi connectivity index (χ2n) is 14.7. The summed E-state index contributed by atoms with van der Waals surface area (Å²) in [6, 6.07) is 12.9. The molecule has 0 spiro atoms. The van der Waals surface area contributed by atoms with Crippen LogP contribution >= 0.6 is 23.2 Å². The molecule has 19 heteroatoms. The van der Waals surface area contributed by atoms with Gasteiger partial charge in [0.1, 0.15) is 11.3 Å². The number of alkyl halides is 3. The van der Waals surface area contributed by atoms with Gasteiger partial charge in [-0.1, -0.05) is 47.0 Å². The van der Waals surface area contributed by atoms with Crippen molar-refractivity contribution in [2.45, 2.75) is 30.4 Å². The quantitative estimate of drug-likeness (QED) is 0.108. The number of benzene rings is 3. The van der Waals surface area contributed by atoms with Crippen LogP contribution in [0.4, 0.5) is 24.7 Å². The molecule has 4 aliphatic rings. The molecule has 8 rings (SSSR count). The molecule has 4 amide bonds. The molecule has 0 radical (unpaired) electrons. The number of carbonyl (C=O) groups is 5. The second kappa shape index (κ2) is 14.4. The monoisotopic (exact) mass is 866 g/mol. The molecule has 310 valence electrons. The van der Waals surface area contributed by atoms with Crippen molar-refractivity contribution in [2.75, 3.05) is 24.5 Å². The number of imide groups is 2. The first-order valence-electron chi connectivity index (χ1n) is 18.2. The molecule has 2 aliphatic heterocycles. The van der Waals surface area contributed by atoms with Gasteiger partial charge in [0.2, 0.25) is 17.6 Å². The number of carboxylic acid groups (broad SMARTS) is 1. The number of carbonyl (C=O) groups excluding carboxylic acids is 4. The van der Waals surface area contributed by atoms with E-state index in [-0.39, 0.29) is 51.9 Å². The van der Waals surface area contributed by atoms with Gasteiger partial charge in [0.15, 0.2) is 17.3 Å². The lowest BCUT2D eigenvalue weighted by molar-refractivity contribution is -0.139. The molecule has 3 aromatic carbocycles. The number of hydrogen-bond acceptors (Lipinski definition) is 11. The lowest BCUT2D eigenvalue weighted by Gasteiger charge is -2.50. The van der Waals surface area contributed by atoms with Crippen molar-refractivity contribution in [1.82, 2.24) is 9.99 Å². The normalized spacial score (nSPS) is 24.8. The fourth-order valence-corrected chi connectivity index (χ4v) is 9.67. The minimum atomic E-state index is -4.81. The average Bonchev–Trinajstić information content (AvgIpc) is 3.58. The van der Waals surface area contributed by atoms with Crippen molar-refractivity contribution in [2.24, 2.45) is 23.7 Å². The molecule has 14 nitrogen and oxygen atoms in total. The Labute approximate surface area is 347 Å². The number of halogens is 5. The van der Waals surface area contributed by atoms with Crippen molar-refractivity contribution in [3.63, 3.8) is 0 Å². The van der Waals surface area contributed by atoms with Crippen LogP contribution in [0.2, 0.25) is 10.0 Å². The Morgan fingerprint density at radius 1 is 0.917 bits per heavy atom. The standard InChI is InChI=1S/C41H31Cl2F3N4O10/c1-59-29-11-17(12-30(60-2)33(29)52)32-22-9-10-24-31(37(55)49(35(24)53)21-7-8-23(38(56)57)28(51)14-21)25(22)15-26-36(54)50(39(58)40(26,32)18-3-5-20(42)6-4-18)48-34-27(43)13-19(16-47-34)41(44,45)46/h3-9,11-14,16,24-26,31-32,51-52H,10,15H2,1-2H3,(H,47,48)(H,56,57)/t24-,25+,26-,31-,32-,40+/m0/s1. The third-order valence-corrected chi connectivity index (χ3v) is 12.4. The molecule has 2 aliphatic carbocycles. The molecule has 3 fully saturated rings. The minimum Gasteiger partial charge on any atom is -0.507 e. The predicted molar refractivity (Wildman–Crippen MR) is 206 cm³/mol. The van der Waals surface area contributed by atoms with Gasteiger partial charge in [0.05, 0.1) is 53.7 Å². The van der Waals surface area contributed by atoms with Gasteiger partial charge in [-0.3, -0.25) is 24.6 Å². The molecule has 2 saturated heterocycles. The zero-order chi connectivity index (χ0) is 43.2. The number of aromatic hydroxyl groups is 2. The van der Waals surface area contributed by atoms with E-state index in [1.165, 1.54) is 44.6 Å². The van der Waals surface area contributed by atoms with E-state index in [9.17, 15) is 47.7 Å². The van der Waals surface area contributed by atoms with Crippen molar-refractivity contribution in [3.05, 3.63) is 111 Å². The van der Waals surface area contributed by atoms with Gasteiger partial charge in [-0.2, -0.15) is 18.2 Å². The van der Waals surface area contributed by atoms with Crippen molar-refractivity contribution < 1.29 is 61.9 Å². The van der Waals surface area contributed by atoms with Crippen LogP contribution in [0.5, 0.6) is 23.0 Å². The molecule has 0 bridgehead atoms. The Kier molecular flexibility index (Phi) is 9.74. The summed E-state index contributed by atoms with van der Waals surface area (Å²) in [5, 5.41) is 31.3. The van der Waals surface area contributed by atoms with Crippen LogP contribution in [0.25, 0.3) is 0 Å². The van der Waals surface area contributed by atoms with E-state index in [2.05, 4.69) is 10.4 Å². The number of methoxy groups -OCH3 is 2. The Morgan fingerprint density at radius 2 is 1.58 bits per heavy atom. The number of fused-ring (bicyclic) bond motifs is 4. The number of nitrogens with one attached hydrogen (secondary N) is 1. The molecule has 4 N–H and O–H groups in total. The fraction of sp³-hybridized carbons (Fsp3) is 0.268. The number of hydrazine groups is 1. The maximum Gasteiger partial charge on any atom is 0.417 e. The Morgan fingerprint density at radius 3 is 2.17 bits per heavy atom. The van der Waals surface area contributed by atoms with Crippen LogP contribution in [-0.2, 0) is 30.8 Å². The smallest absolute Gasteiger partial charge is 0.417 e. The number of ether oxygens (including phenoxy) is 2. The zero-order valence-corrected chi connectivity index (χ0v) is 32.7. The number of allylic oxidation sites excluding steroid dienone is 2. The molecule has 3 heterocycles. The maximum atomic E-state index is 15.4. The van der Waals surface area contributed by atoms with Gasteiger partial charge in [-0.15, -0.1) is 0 Å². The number of aromatic nitrogens is 1. The number of rotatable bonds is 8. The number of phenols is 2. The molecular weight excluding hydrogens is 836 g/mol. The highest BCUT2D eigenvalue weighted by molar-refractivity contribution is 6.33. The fourth-order valence-electron chi connectivity index (χ4n) is 9.33. The summed E-state index contributed by atoms with van der Waals surface area (Å²) in [4.78, 5) is 75.4. The predicted octanol–water partition coefficient (Wildman–Crippen LogP) is 6.72. The van der Waals surface area contributed by atoms with Gasteiger partial charge in [0.25, 0.3) is 11.8 Å². The number of carboxylic acids is 1. The second-order valence-corrected chi connectivity index (χ2v) is 15.6. The van der Waals surface area contributed by atoms with Gasteiger partial charge >= 0.3 is 12.1 Å². The van der Waals surface area contributed by atoms with E-state index in [1.807, 2.05) is 0 Å². The minimum absolute atomic E-state index is 0.0177. The number of hydrogen-bond donors (Lipinski definition) is 4. The summed E-state index contributed by atoms with van der Waals surface area (Å²) in [6.07, 6.45) is -2.80. The number of pyridine rings is 1. The summed E-state index contributed by atoms with van der Waals surface area (Å²) in [5.41, 5.74) is -0.0187. The Bertz CT molecular complexity index is 2550. The number of phenolic OH excluding ortho intramolecular Hbond substituents is 1.